The van der Waals surface area contributed by atoms with Gasteiger partial charge in [0.15, 0.2) is 11.5 Å². The van der Waals surface area contributed by atoms with Gasteiger partial charge in [0.2, 0.25) is 0 Å². The lowest BCUT2D eigenvalue weighted by molar-refractivity contribution is -0.138. The quantitative estimate of drug-likeness (QED) is 0.198. The molecule has 0 bridgehead atoms. The highest BCUT2D eigenvalue weighted by molar-refractivity contribution is 5.96. The number of carbonyl (C=O) groups excluding carboxylic acids is 1. The van der Waals surface area contributed by atoms with Crippen molar-refractivity contribution in [3.63, 3.8) is 0 Å². The van der Waals surface area contributed by atoms with Gasteiger partial charge in [-0.25, -0.2) is 9.97 Å². The number of anilines is 2. The van der Waals surface area contributed by atoms with Crippen LogP contribution in [0.4, 0.5) is 11.5 Å². The number of aromatic nitrogens is 3. The van der Waals surface area contributed by atoms with Crippen molar-refractivity contribution in [1.29, 1.82) is 0 Å². The molecule has 3 N–H and O–H groups in total. The smallest absolute Gasteiger partial charge is 0.317 e. The van der Waals surface area contributed by atoms with Gasteiger partial charge in [0.05, 0.1) is 25.5 Å². The average molecular weight is 559 g/mol. The molecule has 1 unspecified atom stereocenters. The van der Waals surface area contributed by atoms with Crippen molar-refractivity contribution in [3.05, 3.63) is 72.2 Å². The number of carboxylic acids is 1. The first-order valence-corrected chi connectivity index (χ1v) is 13.8. The van der Waals surface area contributed by atoms with E-state index in [4.69, 9.17) is 9.84 Å². The Hall–Kier alpha value is -4.44. The van der Waals surface area contributed by atoms with E-state index in [1.807, 2.05) is 78.1 Å². The normalized spacial score (nSPS) is 11.9. The Bertz CT molecular complexity index is 1480. The molecular formula is C31H38N6O4. The first-order valence-electron chi connectivity index (χ1n) is 13.8. The minimum absolute atomic E-state index is 0.0370. The SMILES string of the molecule is CCC(CCNC(=O)c1ccc(Nc2nccn3c(-c4ccc(OC)cc4)cnc23)cc1C)CCN(C)CC(=O)O. The summed E-state index contributed by atoms with van der Waals surface area (Å²) in [6.07, 6.45) is 8.15. The molecule has 2 aromatic heterocycles. The Morgan fingerprint density at radius 3 is 2.59 bits per heavy atom. The highest BCUT2D eigenvalue weighted by atomic mass is 16.5. The largest absolute Gasteiger partial charge is 0.497 e. The summed E-state index contributed by atoms with van der Waals surface area (Å²) in [7, 11) is 3.46. The Morgan fingerprint density at radius 2 is 1.90 bits per heavy atom. The summed E-state index contributed by atoms with van der Waals surface area (Å²) in [5.74, 6) is 0.899. The third-order valence-electron chi connectivity index (χ3n) is 7.29. The van der Waals surface area contributed by atoms with Gasteiger partial charge in [0, 0.05) is 35.8 Å². The van der Waals surface area contributed by atoms with Crippen molar-refractivity contribution in [3.8, 4) is 17.0 Å². The van der Waals surface area contributed by atoms with Crippen molar-refractivity contribution in [2.45, 2.75) is 33.1 Å². The molecule has 0 radical (unpaired) electrons. The lowest BCUT2D eigenvalue weighted by atomic mass is 9.98. The molecule has 0 fully saturated rings. The molecule has 0 aliphatic carbocycles. The van der Waals surface area contributed by atoms with Crippen LogP contribution in [0.25, 0.3) is 16.9 Å². The second-order valence-corrected chi connectivity index (χ2v) is 10.2. The van der Waals surface area contributed by atoms with E-state index in [2.05, 4.69) is 27.5 Å². The molecule has 0 saturated carbocycles. The molecule has 216 valence electrons. The Labute approximate surface area is 240 Å². The van der Waals surface area contributed by atoms with Crippen LogP contribution in [0.1, 0.15) is 42.1 Å². The zero-order valence-corrected chi connectivity index (χ0v) is 24.1. The van der Waals surface area contributed by atoms with Crippen LogP contribution in [0.2, 0.25) is 0 Å². The van der Waals surface area contributed by atoms with E-state index in [0.717, 1.165) is 54.1 Å². The van der Waals surface area contributed by atoms with Gasteiger partial charge < -0.3 is 20.5 Å². The molecule has 41 heavy (non-hydrogen) atoms. The van der Waals surface area contributed by atoms with Crippen LogP contribution in [-0.4, -0.2) is 70.0 Å². The van der Waals surface area contributed by atoms with Crippen LogP contribution >= 0.6 is 0 Å². The topological polar surface area (TPSA) is 121 Å². The lowest BCUT2D eigenvalue weighted by Gasteiger charge is -2.19. The second kappa shape index (κ2) is 13.8. The number of hydrogen-bond donors (Lipinski definition) is 3. The minimum Gasteiger partial charge on any atom is -0.497 e. The number of carbonyl (C=O) groups is 2. The number of rotatable bonds is 14. The highest BCUT2D eigenvalue weighted by Gasteiger charge is 2.15. The number of benzene rings is 2. The first kappa shape index (κ1) is 29.5. The van der Waals surface area contributed by atoms with Crippen LogP contribution < -0.4 is 15.4 Å². The van der Waals surface area contributed by atoms with Crippen molar-refractivity contribution in [2.75, 3.05) is 39.1 Å². The number of aliphatic carboxylic acids is 1. The van der Waals surface area contributed by atoms with E-state index in [1.165, 1.54) is 0 Å². The average Bonchev–Trinajstić information content (AvgIpc) is 3.40. The Kier molecular flexibility index (Phi) is 9.91. The van der Waals surface area contributed by atoms with Crippen molar-refractivity contribution >= 4 is 29.0 Å². The van der Waals surface area contributed by atoms with Crippen LogP contribution in [0.5, 0.6) is 5.75 Å². The van der Waals surface area contributed by atoms with Gasteiger partial charge in [-0.1, -0.05) is 13.3 Å². The van der Waals surface area contributed by atoms with Gasteiger partial charge in [-0.2, -0.15) is 0 Å². The van der Waals surface area contributed by atoms with Crippen LogP contribution in [0, 0.1) is 12.8 Å². The molecular weight excluding hydrogens is 520 g/mol. The number of fused-ring (bicyclic) bond motifs is 1. The lowest BCUT2D eigenvalue weighted by Crippen LogP contribution is -2.29. The summed E-state index contributed by atoms with van der Waals surface area (Å²) < 4.78 is 7.25. The van der Waals surface area contributed by atoms with Crippen LogP contribution in [0.3, 0.4) is 0 Å². The molecule has 2 heterocycles. The molecule has 0 aliphatic rings. The predicted molar refractivity (Wildman–Crippen MR) is 160 cm³/mol. The molecule has 10 nitrogen and oxygen atoms in total. The standard InChI is InChI=1S/C31H38N6O4/c1-5-22(13-16-36(3)20-28(38)39)12-14-33-31(40)26-11-8-24(18-21(26)2)35-29-30-34-19-27(37(30)17-15-32-29)23-6-9-25(41-4)10-7-23/h6-11,15,17-19,22H,5,12-14,16,20H2,1-4H3,(H,32,35)(H,33,40)(H,38,39). The van der Waals surface area contributed by atoms with E-state index in [0.29, 0.717) is 29.5 Å². The summed E-state index contributed by atoms with van der Waals surface area (Å²) in [6.45, 7) is 5.37. The Morgan fingerprint density at radius 1 is 1.12 bits per heavy atom. The summed E-state index contributed by atoms with van der Waals surface area (Å²) in [6, 6.07) is 13.4. The maximum atomic E-state index is 12.9. The summed E-state index contributed by atoms with van der Waals surface area (Å²) in [5, 5.41) is 15.3. The minimum atomic E-state index is -0.821. The number of likely N-dealkylation sites (N-methyl/N-ethyl adjacent to an activating group) is 1. The fourth-order valence-electron chi connectivity index (χ4n) is 4.87. The summed E-state index contributed by atoms with van der Waals surface area (Å²) >= 11 is 0. The maximum Gasteiger partial charge on any atom is 0.317 e. The van der Waals surface area contributed by atoms with Gasteiger partial charge >= 0.3 is 5.97 Å². The fourth-order valence-corrected chi connectivity index (χ4v) is 4.87. The number of nitrogens with one attached hydrogen (secondary N) is 2. The molecule has 10 heteroatoms. The highest BCUT2D eigenvalue weighted by Crippen LogP contribution is 2.27. The molecule has 0 saturated heterocycles. The van der Waals surface area contributed by atoms with Gasteiger partial charge in [0.25, 0.3) is 5.91 Å². The maximum absolute atomic E-state index is 12.9. The number of imidazole rings is 1. The number of amides is 1. The van der Waals surface area contributed by atoms with Gasteiger partial charge in [-0.15, -0.1) is 0 Å². The molecule has 0 aliphatic heterocycles. The molecule has 1 amide bonds. The number of hydrogen-bond acceptors (Lipinski definition) is 7. The molecule has 4 rings (SSSR count). The van der Waals surface area contributed by atoms with Crippen molar-refractivity contribution in [2.24, 2.45) is 5.92 Å². The molecule has 2 aromatic carbocycles. The van der Waals surface area contributed by atoms with E-state index in [-0.39, 0.29) is 12.5 Å². The van der Waals surface area contributed by atoms with E-state index < -0.39 is 5.97 Å². The molecule has 1 atom stereocenters. The number of nitrogens with zero attached hydrogens (tertiary/aromatic N) is 4. The van der Waals surface area contributed by atoms with Gasteiger partial charge in [-0.3, -0.25) is 18.9 Å². The number of aryl methyl sites for hydroxylation is 1. The first-order chi connectivity index (χ1) is 19.8. The van der Waals surface area contributed by atoms with Crippen LogP contribution in [-0.2, 0) is 4.79 Å². The zero-order valence-electron chi connectivity index (χ0n) is 24.1. The third-order valence-corrected chi connectivity index (χ3v) is 7.29. The summed E-state index contributed by atoms with van der Waals surface area (Å²) in [5.41, 5.74) is 4.93. The third kappa shape index (κ3) is 7.61. The van der Waals surface area contributed by atoms with E-state index >= 15 is 0 Å². The predicted octanol–water partition coefficient (Wildman–Crippen LogP) is 5.01. The monoisotopic (exact) mass is 558 g/mol. The molecule has 4 aromatic rings. The molecule has 0 spiro atoms. The van der Waals surface area contributed by atoms with Gasteiger partial charge in [0.1, 0.15) is 5.75 Å². The fraction of sp³-hybridized carbons (Fsp3) is 0.355. The number of methoxy groups -OCH3 is 1. The van der Waals surface area contributed by atoms with E-state index in [9.17, 15) is 9.59 Å². The van der Waals surface area contributed by atoms with Gasteiger partial charge in [-0.05, 0) is 87.3 Å². The zero-order chi connectivity index (χ0) is 29.4. The Balaban J connectivity index is 1.37. The summed E-state index contributed by atoms with van der Waals surface area (Å²) in [4.78, 5) is 34.7. The van der Waals surface area contributed by atoms with Crippen molar-refractivity contribution in [1.82, 2.24) is 24.6 Å². The second-order valence-electron chi connectivity index (χ2n) is 10.2. The number of carboxylic acid groups (broad SMARTS) is 1. The van der Waals surface area contributed by atoms with Crippen molar-refractivity contribution < 1.29 is 19.4 Å². The van der Waals surface area contributed by atoms with E-state index in [1.54, 1.807) is 13.3 Å². The van der Waals surface area contributed by atoms with Crippen LogP contribution in [0.15, 0.2) is 61.1 Å². The number of ether oxygens (including phenoxy) is 1.